The Morgan fingerprint density at radius 2 is 2.22 bits per heavy atom. The van der Waals surface area contributed by atoms with Gasteiger partial charge in [-0.1, -0.05) is 17.3 Å². The normalized spacial score (nSPS) is 11.6. The SMILES string of the molecule is CC(=NO)c1ccccc1OCc1nc(C)cs1. The monoisotopic (exact) mass is 262 g/mol. The molecular formula is C13H14N2O2S. The molecule has 0 bridgehead atoms. The summed E-state index contributed by atoms with van der Waals surface area (Å²) in [6.45, 7) is 4.11. The van der Waals surface area contributed by atoms with Crippen molar-refractivity contribution in [3.05, 3.63) is 45.9 Å². The summed E-state index contributed by atoms with van der Waals surface area (Å²) < 4.78 is 5.72. The highest BCUT2D eigenvalue weighted by molar-refractivity contribution is 7.09. The first kappa shape index (κ1) is 12.6. The molecule has 0 radical (unpaired) electrons. The van der Waals surface area contributed by atoms with Gasteiger partial charge in [-0.05, 0) is 26.0 Å². The number of nitrogens with zero attached hydrogens (tertiary/aromatic N) is 2. The Morgan fingerprint density at radius 1 is 1.44 bits per heavy atom. The topological polar surface area (TPSA) is 54.7 Å². The Morgan fingerprint density at radius 3 is 2.89 bits per heavy atom. The molecule has 1 N–H and O–H groups in total. The van der Waals surface area contributed by atoms with Gasteiger partial charge in [0.25, 0.3) is 0 Å². The minimum absolute atomic E-state index is 0.425. The van der Waals surface area contributed by atoms with Gasteiger partial charge >= 0.3 is 0 Å². The third kappa shape index (κ3) is 2.87. The van der Waals surface area contributed by atoms with Gasteiger partial charge in [-0.3, -0.25) is 0 Å². The van der Waals surface area contributed by atoms with Crippen LogP contribution in [0, 0.1) is 6.92 Å². The lowest BCUT2D eigenvalue weighted by Gasteiger charge is -2.09. The number of hydrogen-bond acceptors (Lipinski definition) is 5. The number of hydrogen-bond donors (Lipinski definition) is 1. The standard InChI is InChI=1S/C13H14N2O2S/c1-9-8-18-13(14-9)7-17-12-6-4-3-5-11(12)10(2)15-16/h3-6,8,16H,7H2,1-2H3. The zero-order chi connectivity index (χ0) is 13.0. The predicted octanol–water partition coefficient (Wildman–Crippen LogP) is 3.23. The summed E-state index contributed by atoms with van der Waals surface area (Å²) in [5.74, 6) is 0.695. The number of ether oxygens (including phenoxy) is 1. The van der Waals surface area contributed by atoms with Gasteiger partial charge in [0, 0.05) is 16.6 Å². The van der Waals surface area contributed by atoms with Gasteiger partial charge in [-0.15, -0.1) is 11.3 Å². The van der Waals surface area contributed by atoms with Crippen molar-refractivity contribution in [1.82, 2.24) is 4.98 Å². The summed E-state index contributed by atoms with van der Waals surface area (Å²) >= 11 is 1.57. The van der Waals surface area contributed by atoms with Crippen LogP contribution in [-0.2, 0) is 6.61 Å². The Balaban J connectivity index is 2.14. The van der Waals surface area contributed by atoms with E-state index in [4.69, 9.17) is 9.94 Å². The van der Waals surface area contributed by atoms with Crippen LogP contribution in [-0.4, -0.2) is 15.9 Å². The first-order valence-electron chi connectivity index (χ1n) is 5.52. The highest BCUT2D eigenvalue weighted by Crippen LogP contribution is 2.21. The zero-order valence-corrected chi connectivity index (χ0v) is 11.1. The second-order valence-corrected chi connectivity index (χ2v) is 4.80. The van der Waals surface area contributed by atoms with Gasteiger partial charge < -0.3 is 9.94 Å². The van der Waals surface area contributed by atoms with E-state index in [1.807, 2.05) is 36.6 Å². The van der Waals surface area contributed by atoms with Crippen molar-refractivity contribution in [3.8, 4) is 5.75 Å². The smallest absolute Gasteiger partial charge is 0.140 e. The van der Waals surface area contributed by atoms with Crippen LogP contribution < -0.4 is 4.74 Å². The van der Waals surface area contributed by atoms with E-state index in [1.165, 1.54) is 0 Å². The molecule has 94 valence electrons. The fourth-order valence-electron chi connectivity index (χ4n) is 1.55. The fourth-order valence-corrected chi connectivity index (χ4v) is 2.24. The zero-order valence-electron chi connectivity index (χ0n) is 10.3. The molecule has 0 saturated carbocycles. The van der Waals surface area contributed by atoms with Crippen molar-refractivity contribution < 1.29 is 9.94 Å². The second kappa shape index (κ2) is 5.64. The molecule has 0 aliphatic carbocycles. The maximum Gasteiger partial charge on any atom is 0.140 e. The van der Waals surface area contributed by atoms with Crippen molar-refractivity contribution >= 4 is 17.0 Å². The van der Waals surface area contributed by atoms with Crippen molar-refractivity contribution in [2.24, 2.45) is 5.16 Å². The molecule has 0 amide bonds. The summed E-state index contributed by atoms with van der Waals surface area (Å²) in [5.41, 5.74) is 2.31. The molecule has 5 heteroatoms. The average molecular weight is 262 g/mol. The minimum atomic E-state index is 0.425. The van der Waals surface area contributed by atoms with Gasteiger partial charge in [-0.2, -0.15) is 0 Å². The molecular weight excluding hydrogens is 248 g/mol. The lowest BCUT2D eigenvalue weighted by Crippen LogP contribution is -2.02. The summed E-state index contributed by atoms with van der Waals surface area (Å²) in [7, 11) is 0. The first-order chi connectivity index (χ1) is 8.70. The van der Waals surface area contributed by atoms with Crippen molar-refractivity contribution in [2.45, 2.75) is 20.5 Å². The maximum absolute atomic E-state index is 8.82. The average Bonchev–Trinajstić information content (AvgIpc) is 2.81. The number of para-hydroxylation sites is 1. The Bertz CT molecular complexity index is 564. The molecule has 0 aliphatic rings. The number of aromatic nitrogens is 1. The van der Waals surface area contributed by atoms with E-state index in [0.717, 1.165) is 16.3 Å². The van der Waals surface area contributed by atoms with Crippen LogP contribution in [0.1, 0.15) is 23.2 Å². The van der Waals surface area contributed by atoms with Gasteiger partial charge in [0.2, 0.25) is 0 Å². The van der Waals surface area contributed by atoms with E-state index in [1.54, 1.807) is 18.3 Å². The van der Waals surface area contributed by atoms with Gasteiger partial charge in [0.15, 0.2) is 0 Å². The predicted molar refractivity (Wildman–Crippen MR) is 71.6 cm³/mol. The van der Waals surface area contributed by atoms with E-state index in [-0.39, 0.29) is 0 Å². The fraction of sp³-hybridized carbons (Fsp3) is 0.231. The third-order valence-electron chi connectivity index (χ3n) is 2.44. The number of rotatable bonds is 4. The third-order valence-corrected chi connectivity index (χ3v) is 3.38. The largest absolute Gasteiger partial charge is 0.486 e. The molecule has 2 aromatic rings. The van der Waals surface area contributed by atoms with Crippen molar-refractivity contribution in [3.63, 3.8) is 0 Å². The number of benzene rings is 1. The molecule has 1 aromatic heterocycles. The van der Waals surface area contributed by atoms with Crippen LogP contribution in [0.5, 0.6) is 5.75 Å². The lowest BCUT2D eigenvalue weighted by molar-refractivity contribution is 0.302. The van der Waals surface area contributed by atoms with Crippen LogP contribution in [0.25, 0.3) is 0 Å². The molecule has 4 nitrogen and oxygen atoms in total. The van der Waals surface area contributed by atoms with E-state index in [2.05, 4.69) is 10.1 Å². The Hall–Kier alpha value is -1.88. The van der Waals surface area contributed by atoms with Crippen LogP contribution in [0.15, 0.2) is 34.8 Å². The van der Waals surface area contributed by atoms with E-state index >= 15 is 0 Å². The first-order valence-corrected chi connectivity index (χ1v) is 6.40. The number of oxime groups is 1. The highest BCUT2D eigenvalue weighted by atomic mass is 32.1. The Kier molecular flexibility index (Phi) is 3.94. The number of thiazole rings is 1. The summed E-state index contributed by atoms with van der Waals surface area (Å²) in [6.07, 6.45) is 0. The van der Waals surface area contributed by atoms with Crippen molar-refractivity contribution in [1.29, 1.82) is 0 Å². The molecule has 2 rings (SSSR count). The van der Waals surface area contributed by atoms with Crippen molar-refractivity contribution in [2.75, 3.05) is 0 Å². The lowest BCUT2D eigenvalue weighted by atomic mass is 10.1. The van der Waals surface area contributed by atoms with Crippen LogP contribution >= 0.6 is 11.3 Å². The summed E-state index contributed by atoms with van der Waals surface area (Å²) in [5, 5.41) is 14.9. The van der Waals surface area contributed by atoms with E-state index < -0.39 is 0 Å². The molecule has 0 aliphatic heterocycles. The van der Waals surface area contributed by atoms with E-state index in [9.17, 15) is 0 Å². The molecule has 18 heavy (non-hydrogen) atoms. The number of aryl methyl sites for hydroxylation is 1. The second-order valence-electron chi connectivity index (χ2n) is 3.85. The molecule has 0 unspecified atom stereocenters. The van der Waals surface area contributed by atoms with Crippen LogP contribution in [0.2, 0.25) is 0 Å². The highest BCUT2D eigenvalue weighted by Gasteiger charge is 2.07. The molecule has 1 aromatic carbocycles. The molecule has 0 atom stereocenters. The quantitative estimate of drug-likeness (QED) is 0.523. The molecule has 0 fully saturated rings. The molecule has 1 heterocycles. The van der Waals surface area contributed by atoms with Gasteiger partial charge in [0.05, 0.1) is 5.71 Å². The van der Waals surface area contributed by atoms with Crippen LogP contribution in [0.3, 0.4) is 0 Å². The van der Waals surface area contributed by atoms with E-state index in [0.29, 0.717) is 18.1 Å². The minimum Gasteiger partial charge on any atom is -0.486 e. The molecule has 0 spiro atoms. The Labute approximate surface area is 110 Å². The molecule has 0 saturated heterocycles. The summed E-state index contributed by atoms with van der Waals surface area (Å²) in [6, 6.07) is 7.48. The maximum atomic E-state index is 8.82. The van der Waals surface area contributed by atoms with Gasteiger partial charge in [0.1, 0.15) is 17.4 Å². The summed E-state index contributed by atoms with van der Waals surface area (Å²) in [4.78, 5) is 4.33. The van der Waals surface area contributed by atoms with Crippen LogP contribution in [0.4, 0.5) is 0 Å². The van der Waals surface area contributed by atoms with Gasteiger partial charge in [-0.25, -0.2) is 4.98 Å².